The van der Waals surface area contributed by atoms with Crippen molar-refractivity contribution in [3.05, 3.63) is 192 Å². The van der Waals surface area contributed by atoms with Crippen LogP contribution in [0.25, 0.3) is 42.3 Å². The van der Waals surface area contributed by atoms with Crippen LogP contribution in [0.1, 0.15) is 49.4 Å². The predicted octanol–water partition coefficient (Wildman–Crippen LogP) is 7.88. The molecule has 8 aromatic rings. The zero-order chi connectivity index (χ0) is 49.9. The van der Waals surface area contributed by atoms with Gasteiger partial charge in [0, 0.05) is 22.5 Å². The number of nitrogens with two attached hydrogens (primary N) is 1. The van der Waals surface area contributed by atoms with E-state index in [9.17, 15) is 29.4 Å². The zero-order valence-corrected chi connectivity index (χ0v) is 37.1. The van der Waals surface area contributed by atoms with E-state index in [1.165, 1.54) is 13.8 Å². The molecule has 8 rings (SSSR count). The molecule has 0 unspecified atom stereocenters. The van der Waals surface area contributed by atoms with Crippen molar-refractivity contribution in [2.24, 2.45) is 5.84 Å². The minimum Gasteiger partial charge on any atom is -0.480 e. The van der Waals surface area contributed by atoms with Gasteiger partial charge in [0.15, 0.2) is 17.4 Å². The smallest absolute Gasteiger partial charge is 0.328 e. The second kappa shape index (κ2) is 27.4. The van der Waals surface area contributed by atoms with Crippen molar-refractivity contribution in [3.8, 4) is 0 Å². The number of hydrogen-bond acceptors (Lipinski definition) is 12. The zero-order valence-electron chi connectivity index (χ0n) is 37.1. The molecule has 0 aliphatic carbocycles. The third kappa shape index (κ3) is 15.0. The first kappa shape index (κ1) is 55.9. The summed E-state index contributed by atoms with van der Waals surface area (Å²) in [7, 11) is 0. The Morgan fingerprint density at radius 1 is 0.577 bits per heavy atom. The Bertz CT molecular complexity index is 3120. The van der Waals surface area contributed by atoms with Crippen LogP contribution in [0, 0.1) is 13.1 Å². The van der Waals surface area contributed by atoms with E-state index < -0.39 is 42.1 Å². The first-order valence-corrected chi connectivity index (χ1v) is 20.9. The molecule has 4 atom stereocenters. The number of carbonyl (C=O) groups is 4. The maximum Gasteiger partial charge on any atom is 0.328 e. The molecule has 0 aliphatic rings. The molecule has 3 amide bonds. The highest BCUT2D eigenvalue weighted by Crippen LogP contribution is 2.33. The van der Waals surface area contributed by atoms with Crippen LogP contribution in [0.2, 0.25) is 0 Å². The lowest BCUT2D eigenvalue weighted by atomic mass is 10.1. The van der Waals surface area contributed by atoms with Crippen LogP contribution in [-0.4, -0.2) is 83.7 Å². The topological polar surface area (TPSA) is 275 Å². The van der Waals surface area contributed by atoms with Crippen LogP contribution < -0.4 is 32.8 Å². The molecule has 0 saturated heterocycles. The van der Waals surface area contributed by atoms with Crippen LogP contribution >= 0.6 is 0 Å². The predicted molar refractivity (Wildman–Crippen MR) is 275 cm³/mol. The van der Waals surface area contributed by atoms with Gasteiger partial charge in [-0.2, -0.15) is 0 Å². The maximum absolute atomic E-state index is 12.6. The number of aliphatic hydroxyl groups is 2. The number of aliphatic carboxylic acids is 1. The number of para-hydroxylation sites is 1. The Labute approximate surface area is 410 Å². The Balaban J connectivity index is 0.000000273. The number of aromatic nitrogens is 3. The molecule has 1 heterocycles. The number of nitrogen functional groups attached to an aromatic ring is 1. The molecule has 1 aromatic heterocycles. The Morgan fingerprint density at radius 3 is 1.44 bits per heavy atom. The van der Waals surface area contributed by atoms with Gasteiger partial charge in [-0.3, -0.25) is 30.7 Å². The van der Waals surface area contributed by atoms with E-state index in [0.29, 0.717) is 44.9 Å². The number of hydrazine groups is 2. The molecule has 0 saturated carbocycles. The summed E-state index contributed by atoms with van der Waals surface area (Å²) >= 11 is 0. The van der Waals surface area contributed by atoms with Crippen LogP contribution in [0.15, 0.2) is 158 Å². The fraction of sp³-hybridized carbons (Fsp3) is 0.154. The van der Waals surface area contributed by atoms with Gasteiger partial charge in [0.05, 0.1) is 25.4 Å². The highest BCUT2D eigenvalue weighted by molar-refractivity contribution is 6.04. The number of fused-ring (bicyclic) bond motifs is 3. The molecule has 366 valence electrons. The monoisotopic (exact) mass is 961 g/mol. The maximum atomic E-state index is 12.6. The molecule has 19 nitrogen and oxygen atoms in total. The molecule has 71 heavy (non-hydrogen) atoms. The van der Waals surface area contributed by atoms with Gasteiger partial charge >= 0.3 is 5.97 Å². The number of anilines is 2. The van der Waals surface area contributed by atoms with Gasteiger partial charge in [-0.25, -0.2) is 20.3 Å². The van der Waals surface area contributed by atoms with Gasteiger partial charge in [-0.1, -0.05) is 129 Å². The second-order valence-corrected chi connectivity index (χ2v) is 14.8. The van der Waals surface area contributed by atoms with Crippen LogP contribution in [0.3, 0.4) is 0 Å². The average molecular weight is 962 g/mol. The highest BCUT2D eigenvalue weighted by Gasteiger charge is 2.26. The Hall–Kier alpha value is -9.40. The number of benzene rings is 7. The standard InChI is InChI=1S/C22H20N4O3.C15H14N2O3.C7H8N2O.C6H5N3O.2CH4/c1-14(27)20(22(29)26-25-21(28)15-8-4-3-5-9-15)24-19-13-12-18(23-2)16-10-6-7-11-17(16)19;1-9(18)14(15(19)20)17-13-8-7-12(16-2)10-5-3-4-6-11(10)13;8-9-7(10)6-4-2-1-3-5-6;10-9-6-4-2-1-3-5(6)7-8-9;;/h3-14,20,24,27H,1H3,(H,25,28)(H,26,29);3-9,14,17-18H,1H3,(H,19,20);1-5H,8H2,(H,9,10);1-4,10H;2*1H4/t14-,20+;9-,14+;;;;/m00..../s1. The Kier molecular flexibility index (Phi) is 21.6. The summed E-state index contributed by atoms with van der Waals surface area (Å²) in [4.78, 5) is 54.3. The quantitative estimate of drug-likeness (QED) is 0.0206. The summed E-state index contributed by atoms with van der Waals surface area (Å²) in [6.07, 6.45) is -2.07. The van der Waals surface area contributed by atoms with Gasteiger partial charge < -0.3 is 31.2 Å². The van der Waals surface area contributed by atoms with Crippen molar-refractivity contribution in [2.45, 2.75) is 53.0 Å². The molecule has 0 bridgehead atoms. The van der Waals surface area contributed by atoms with Crippen LogP contribution in [-0.2, 0) is 9.59 Å². The first-order chi connectivity index (χ1) is 33.3. The number of aliphatic hydroxyl groups excluding tert-OH is 2. The molecule has 7 aromatic carbocycles. The van der Waals surface area contributed by atoms with Gasteiger partial charge in [-0.15, -0.1) is 5.10 Å². The lowest BCUT2D eigenvalue weighted by Crippen LogP contribution is -2.52. The van der Waals surface area contributed by atoms with Crippen molar-refractivity contribution >= 4 is 79.0 Å². The number of amides is 3. The molecule has 0 spiro atoms. The van der Waals surface area contributed by atoms with Crippen molar-refractivity contribution in [1.29, 1.82) is 0 Å². The molecule has 0 aliphatic heterocycles. The van der Waals surface area contributed by atoms with Crippen molar-refractivity contribution in [2.75, 3.05) is 10.6 Å². The van der Waals surface area contributed by atoms with E-state index in [2.05, 4.69) is 41.5 Å². The minimum absolute atomic E-state index is 0. The number of carbonyl (C=O) groups excluding carboxylic acids is 3. The summed E-state index contributed by atoms with van der Waals surface area (Å²) in [5.74, 6) is 2.46. The fourth-order valence-corrected chi connectivity index (χ4v) is 6.53. The lowest BCUT2D eigenvalue weighted by molar-refractivity contribution is -0.140. The number of nitrogens with one attached hydrogen (secondary N) is 5. The fourth-order valence-electron chi connectivity index (χ4n) is 6.53. The number of hydrogen-bond donors (Lipinski definition) is 10. The molecule has 0 radical (unpaired) electrons. The normalized spacial score (nSPS) is 11.6. The number of nitrogens with zero attached hydrogens (tertiary/aromatic N) is 5. The largest absolute Gasteiger partial charge is 0.480 e. The summed E-state index contributed by atoms with van der Waals surface area (Å²) in [6, 6.07) is 43.6. The van der Waals surface area contributed by atoms with Crippen molar-refractivity contribution in [3.63, 3.8) is 0 Å². The SMILES string of the molecule is C.C.NNC(=O)c1ccccc1.On1nnc2ccccc21.[C-]#[N+]c1ccc(N[C@@H](C(=O)NNC(=O)c2ccccc2)[C@H](C)O)c2ccccc12.[C-]#[N+]c1ccc(N[C@@H](C(=O)O)[C@H](C)O)c2ccccc12. The summed E-state index contributed by atoms with van der Waals surface area (Å²) in [6.45, 7) is 17.3. The van der Waals surface area contributed by atoms with Gasteiger partial charge in [-0.05, 0) is 89.1 Å². The second-order valence-electron chi connectivity index (χ2n) is 14.8. The molecular weight excluding hydrogens is 907 g/mol. The third-order valence-corrected chi connectivity index (χ3v) is 10.0. The van der Waals surface area contributed by atoms with E-state index in [1.807, 2.05) is 72.2 Å². The molecule has 0 fully saturated rings. The average Bonchev–Trinajstić information content (AvgIpc) is 3.76. The number of carboxylic acids is 1. The summed E-state index contributed by atoms with van der Waals surface area (Å²) in [5.41, 5.74) is 11.2. The number of carboxylic acid groups (broad SMARTS) is 1. The summed E-state index contributed by atoms with van der Waals surface area (Å²) in [5, 5.41) is 53.7. The third-order valence-electron chi connectivity index (χ3n) is 10.0. The first-order valence-electron chi connectivity index (χ1n) is 20.9. The van der Waals surface area contributed by atoms with E-state index in [4.69, 9.17) is 29.3 Å². The van der Waals surface area contributed by atoms with Crippen molar-refractivity contribution < 1.29 is 39.7 Å². The van der Waals surface area contributed by atoms with Gasteiger partial charge in [0.25, 0.3) is 17.7 Å². The van der Waals surface area contributed by atoms with Crippen LogP contribution in [0.5, 0.6) is 0 Å². The molecule has 11 N–H and O–H groups in total. The summed E-state index contributed by atoms with van der Waals surface area (Å²) < 4.78 is 0. The van der Waals surface area contributed by atoms with E-state index in [-0.39, 0.29) is 20.8 Å². The van der Waals surface area contributed by atoms with E-state index in [1.54, 1.807) is 91.0 Å². The van der Waals surface area contributed by atoms with Crippen molar-refractivity contribution in [1.82, 2.24) is 31.4 Å². The van der Waals surface area contributed by atoms with Gasteiger partial charge in [0.2, 0.25) is 0 Å². The Morgan fingerprint density at radius 2 is 1.00 bits per heavy atom. The van der Waals surface area contributed by atoms with Crippen LogP contribution in [0.4, 0.5) is 22.7 Å². The number of rotatable bonds is 10. The van der Waals surface area contributed by atoms with E-state index >= 15 is 0 Å². The molecular formula is C52H55N11O8. The lowest BCUT2D eigenvalue weighted by Gasteiger charge is -2.23. The minimum atomic E-state index is -1.13. The van der Waals surface area contributed by atoms with Gasteiger partial charge in [0.1, 0.15) is 17.1 Å². The highest BCUT2D eigenvalue weighted by atomic mass is 16.5. The molecule has 19 heteroatoms. The van der Waals surface area contributed by atoms with E-state index in [0.717, 1.165) is 26.4 Å².